The third-order valence-electron chi connectivity index (χ3n) is 4.15. The summed E-state index contributed by atoms with van der Waals surface area (Å²) < 4.78 is 0. The van der Waals surface area contributed by atoms with Gasteiger partial charge in [0, 0.05) is 25.3 Å². The predicted molar refractivity (Wildman–Crippen MR) is 76.7 cm³/mol. The van der Waals surface area contributed by atoms with Crippen molar-refractivity contribution in [3.05, 3.63) is 23.4 Å². The number of pyridine rings is 1. The van der Waals surface area contributed by atoms with E-state index in [1.165, 1.54) is 25.7 Å². The van der Waals surface area contributed by atoms with E-state index in [0.29, 0.717) is 6.54 Å². The zero-order chi connectivity index (χ0) is 13.0. The third kappa shape index (κ3) is 3.02. The number of aryl methyl sites for hydroxylation is 1. The fourth-order valence-electron chi connectivity index (χ4n) is 2.77. The fourth-order valence-corrected chi connectivity index (χ4v) is 2.77. The highest BCUT2D eigenvalue weighted by atomic mass is 15.2. The van der Waals surface area contributed by atoms with Crippen LogP contribution in [-0.2, 0) is 6.54 Å². The van der Waals surface area contributed by atoms with Crippen molar-refractivity contribution in [2.45, 2.75) is 46.1 Å². The van der Waals surface area contributed by atoms with Gasteiger partial charge in [-0.2, -0.15) is 0 Å². The molecule has 18 heavy (non-hydrogen) atoms. The summed E-state index contributed by atoms with van der Waals surface area (Å²) in [4.78, 5) is 7.14. The molecule has 1 saturated heterocycles. The largest absolute Gasteiger partial charge is 0.357 e. The summed E-state index contributed by atoms with van der Waals surface area (Å²) in [5.41, 5.74) is 7.91. The molecule has 3 heteroatoms. The average Bonchev–Trinajstić information content (AvgIpc) is 2.63. The molecule has 2 rings (SSSR count). The van der Waals surface area contributed by atoms with Gasteiger partial charge < -0.3 is 10.6 Å². The molecule has 0 saturated carbocycles. The Kier molecular flexibility index (Phi) is 4.59. The van der Waals surface area contributed by atoms with Crippen molar-refractivity contribution < 1.29 is 0 Å². The summed E-state index contributed by atoms with van der Waals surface area (Å²) in [7, 11) is 0. The van der Waals surface area contributed by atoms with Crippen LogP contribution in [0.3, 0.4) is 0 Å². The van der Waals surface area contributed by atoms with Crippen molar-refractivity contribution >= 4 is 5.82 Å². The lowest BCUT2D eigenvalue weighted by Gasteiger charge is -2.22. The summed E-state index contributed by atoms with van der Waals surface area (Å²) in [6.45, 7) is 7.23. The lowest BCUT2D eigenvalue weighted by atomic mass is 9.98. The van der Waals surface area contributed by atoms with E-state index in [-0.39, 0.29) is 0 Å². The van der Waals surface area contributed by atoms with Crippen molar-refractivity contribution in [3.8, 4) is 0 Å². The van der Waals surface area contributed by atoms with Crippen LogP contribution in [0.2, 0.25) is 0 Å². The zero-order valence-electron chi connectivity index (χ0n) is 11.7. The summed E-state index contributed by atoms with van der Waals surface area (Å²) >= 11 is 0. The Balaban J connectivity index is 2.09. The molecular weight excluding hydrogens is 222 g/mol. The minimum absolute atomic E-state index is 0.580. The summed E-state index contributed by atoms with van der Waals surface area (Å²) in [6.07, 6.45) is 5.27. The van der Waals surface area contributed by atoms with E-state index in [4.69, 9.17) is 10.7 Å². The van der Waals surface area contributed by atoms with Crippen LogP contribution in [0.15, 0.2) is 12.1 Å². The first-order valence-corrected chi connectivity index (χ1v) is 7.16. The molecule has 3 nitrogen and oxygen atoms in total. The highest BCUT2D eigenvalue weighted by Gasteiger charge is 2.17. The minimum atomic E-state index is 0.580. The van der Waals surface area contributed by atoms with Gasteiger partial charge in [-0.25, -0.2) is 4.98 Å². The van der Waals surface area contributed by atoms with Gasteiger partial charge in [0.2, 0.25) is 0 Å². The van der Waals surface area contributed by atoms with E-state index < -0.39 is 0 Å². The molecule has 0 aliphatic carbocycles. The van der Waals surface area contributed by atoms with Gasteiger partial charge in [-0.3, -0.25) is 0 Å². The first-order chi connectivity index (χ1) is 8.74. The molecule has 0 amide bonds. The van der Waals surface area contributed by atoms with Crippen LogP contribution in [0.1, 0.15) is 43.9 Å². The Morgan fingerprint density at radius 1 is 1.33 bits per heavy atom. The molecule has 1 unspecified atom stereocenters. The van der Waals surface area contributed by atoms with Crippen LogP contribution in [0.4, 0.5) is 5.82 Å². The Bertz CT molecular complexity index is 389. The lowest BCUT2D eigenvalue weighted by molar-refractivity contribution is 0.459. The van der Waals surface area contributed by atoms with Crippen molar-refractivity contribution in [1.82, 2.24) is 4.98 Å². The van der Waals surface area contributed by atoms with Gasteiger partial charge in [0.1, 0.15) is 5.82 Å². The van der Waals surface area contributed by atoms with Gasteiger partial charge in [0.05, 0.1) is 0 Å². The molecule has 0 spiro atoms. The second kappa shape index (κ2) is 6.19. The van der Waals surface area contributed by atoms with Crippen molar-refractivity contribution in [2.75, 3.05) is 18.0 Å². The number of hydrogen-bond acceptors (Lipinski definition) is 3. The normalized spacial score (nSPS) is 20.8. The standard InChI is InChI=1S/C15H25N3/c1-3-13-5-4-9-18(10-8-13)15-7-6-14(11-16)12(2)17-15/h6-7,13H,3-5,8-11,16H2,1-2H3. The molecule has 0 radical (unpaired) electrons. The van der Waals surface area contributed by atoms with Gasteiger partial charge in [0.15, 0.2) is 0 Å². The number of nitrogens with zero attached hydrogens (tertiary/aromatic N) is 2. The average molecular weight is 247 g/mol. The van der Waals surface area contributed by atoms with Gasteiger partial charge >= 0.3 is 0 Å². The molecule has 2 N–H and O–H groups in total. The monoisotopic (exact) mass is 247 g/mol. The summed E-state index contributed by atoms with van der Waals surface area (Å²) in [6, 6.07) is 4.25. The van der Waals surface area contributed by atoms with Crippen molar-refractivity contribution in [2.24, 2.45) is 11.7 Å². The van der Waals surface area contributed by atoms with Crippen LogP contribution in [-0.4, -0.2) is 18.1 Å². The first kappa shape index (κ1) is 13.3. The third-order valence-corrected chi connectivity index (χ3v) is 4.15. The van der Waals surface area contributed by atoms with Crippen LogP contribution >= 0.6 is 0 Å². The summed E-state index contributed by atoms with van der Waals surface area (Å²) in [5, 5.41) is 0. The van der Waals surface area contributed by atoms with E-state index in [1.807, 2.05) is 0 Å². The van der Waals surface area contributed by atoms with E-state index in [1.54, 1.807) is 0 Å². The molecule has 1 fully saturated rings. The van der Waals surface area contributed by atoms with Gasteiger partial charge in [-0.05, 0) is 43.7 Å². The second-order valence-corrected chi connectivity index (χ2v) is 5.31. The number of aromatic nitrogens is 1. The quantitative estimate of drug-likeness (QED) is 0.893. The van der Waals surface area contributed by atoms with Crippen LogP contribution in [0.5, 0.6) is 0 Å². The van der Waals surface area contributed by atoms with E-state index >= 15 is 0 Å². The fraction of sp³-hybridized carbons (Fsp3) is 0.667. The Morgan fingerprint density at radius 2 is 2.17 bits per heavy atom. The maximum Gasteiger partial charge on any atom is 0.128 e. The lowest BCUT2D eigenvalue weighted by Crippen LogP contribution is -2.25. The van der Waals surface area contributed by atoms with Crippen molar-refractivity contribution in [3.63, 3.8) is 0 Å². The first-order valence-electron chi connectivity index (χ1n) is 7.16. The molecule has 0 aromatic carbocycles. The van der Waals surface area contributed by atoms with E-state index in [2.05, 4.69) is 30.9 Å². The number of anilines is 1. The van der Waals surface area contributed by atoms with E-state index in [0.717, 1.165) is 36.1 Å². The minimum Gasteiger partial charge on any atom is -0.357 e. The molecule has 2 heterocycles. The zero-order valence-corrected chi connectivity index (χ0v) is 11.7. The molecular formula is C15H25N3. The van der Waals surface area contributed by atoms with Crippen LogP contribution < -0.4 is 10.6 Å². The SMILES string of the molecule is CCC1CCCN(c2ccc(CN)c(C)n2)CC1. The van der Waals surface area contributed by atoms with Crippen molar-refractivity contribution in [1.29, 1.82) is 0 Å². The molecule has 1 aliphatic rings. The Morgan fingerprint density at radius 3 is 2.83 bits per heavy atom. The maximum absolute atomic E-state index is 5.69. The maximum atomic E-state index is 5.69. The van der Waals surface area contributed by atoms with Gasteiger partial charge in [0.25, 0.3) is 0 Å². The summed E-state index contributed by atoms with van der Waals surface area (Å²) in [5.74, 6) is 2.03. The number of rotatable bonds is 3. The molecule has 1 aromatic rings. The van der Waals surface area contributed by atoms with E-state index in [9.17, 15) is 0 Å². The van der Waals surface area contributed by atoms with Gasteiger partial charge in [-0.15, -0.1) is 0 Å². The Labute approximate surface area is 110 Å². The van der Waals surface area contributed by atoms with Gasteiger partial charge in [-0.1, -0.05) is 19.4 Å². The molecule has 1 aliphatic heterocycles. The smallest absolute Gasteiger partial charge is 0.128 e. The van der Waals surface area contributed by atoms with Crippen LogP contribution in [0.25, 0.3) is 0 Å². The molecule has 1 aromatic heterocycles. The predicted octanol–water partition coefficient (Wildman–Crippen LogP) is 2.87. The molecule has 0 bridgehead atoms. The second-order valence-electron chi connectivity index (χ2n) is 5.31. The molecule has 100 valence electrons. The topological polar surface area (TPSA) is 42.1 Å². The number of nitrogens with two attached hydrogens (primary N) is 1. The highest BCUT2D eigenvalue weighted by molar-refractivity contribution is 5.41. The highest BCUT2D eigenvalue weighted by Crippen LogP contribution is 2.24. The molecule has 1 atom stereocenters. The Hall–Kier alpha value is -1.09. The van der Waals surface area contributed by atoms with Crippen LogP contribution in [0, 0.1) is 12.8 Å². The number of hydrogen-bond donors (Lipinski definition) is 1.